The standard InChI is InChI=1S/C28H19N5/c1-3-5-8-23(7-4-2)10-13-26-31-27(14-11-24-9-6-19-29-20-16-24)33-28(32-26)15-12-25-17-21-30-22-18-25/h3-9,16-22,29H,1-2H2/b8-5-,23-7+. The van der Waals surface area contributed by atoms with Crippen molar-refractivity contribution in [1.82, 2.24) is 25.3 Å². The highest BCUT2D eigenvalue weighted by molar-refractivity contribution is 5.47. The first-order valence-corrected chi connectivity index (χ1v) is 9.90. The maximum absolute atomic E-state index is 4.38. The lowest BCUT2D eigenvalue weighted by Gasteiger charge is -1.95. The largest absolute Gasteiger partial charge is 0.368 e. The molecule has 156 valence electrons. The van der Waals surface area contributed by atoms with Crippen molar-refractivity contribution in [3.05, 3.63) is 133 Å². The Morgan fingerprint density at radius 1 is 0.848 bits per heavy atom. The Labute approximate surface area is 193 Å². The second-order valence-electron chi connectivity index (χ2n) is 6.23. The molecule has 0 atom stereocenters. The Bertz CT molecular complexity index is 1370. The predicted octanol–water partition coefficient (Wildman–Crippen LogP) is 3.78. The molecule has 0 bridgehead atoms. The molecular weight excluding hydrogens is 406 g/mol. The van der Waals surface area contributed by atoms with Gasteiger partial charge in [0, 0.05) is 41.5 Å². The molecule has 0 spiro atoms. The zero-order valence-electron chi connectivity index (χ0n) is 17.8. The van der Waals surface area contributed by atoms with Gasteiger partial charge in [-0.3, -0.25) is 4.98 Å². The molecule has 5 nitrogen and oxygen atoms in total. The smallest absolute Gasteiger partial charge is 0.210 e. The van der Waals surface area contributed by atoms with Crippen LogP contribution in [0.2, 0.25) is 0 Å². The first kappa shape index (κ1) is 22.5. The van der Waals surface area contributed by atoms with Crippen molar-refractivity contribution in [2.45, 2.75) is 0 Å². The SMILES string of the molecule is C=C/C=C\C(C#Cc1nc(C#CC2=CC=CNC=C2)nc(C#Cc2ccncc2)n1)=C/C=C. The van der Waals surface area contributed by atoms with Gasteiger partial charge in [0.15, 0.2) is 0 Å². The number of nitrogens with one attached hydrogen (secondary N) is 1. The summed E-state index contributed by atoms with van der Waals surface area (Å²) in [5, 5.41) is 2.99. The summed E-state index contributed by atoms with van der Waals surface area (Å²) in [6, 6.07) is 3.61. The highest BCUT2D eigenvalue weighted by atomic mass is 15.0. The molecule has 0 radical (unpaired) electrons. The normalized spacial score (nSPS) is 12.0. The molecule has 0 saturated heterocycles. The highest BCUT2D eigenvalue weighted by Gasteiger charge is 2.02. The lowest BCUT2D eigenvalue weighted by Crippen LogP contribution is -2.01. The van der Waals surface area contributed by atoms with E-state index in [4.69, 9.17) is 0 Å². The summed E-state index contributed by atoms with van der Waals surface area (Å²) in [4.78, 5) is 17.1. The summed E-state index contributed by atoms with van der Waals surface area (Å²) < 4.78 is 0. The molecule has 2 aromatic rings. The van der Waals surface area contributed by atoms with E-state index in [1.807, 2.05) is 30.5 Å². The minimum absolute atomic E-state index is 0.266. The zero-order valence-corrected chi connectivity index (χ0v) is 17.8. The maximum atomic E-state index is 4.38. The van der Waals surface area contributed by atoms with Crippen LogP contribution in [-0.4, -0.2) is 19.9 Å². The van der Waals surface area contributed by atoms with Crippen LogP contribution < -0.4 is 5.32 Å². The van der Waals surface area contributed by atoms with Crippen LogP contribution in [0, 0.1) is 35.5 Å². The third-order valence-corrected chi connectivity index (χ3v) is 3.81. The van der Waals surface area contributed by atoms with Gasteiger partial charge in [-0.15, -0.1) is 0 Å². The number of hydrogen-bond acceptors (Lipinski definition) is 5. The van der Waals surface area contributed by atoms with Crippen molar-refractivity contribution in [2.75, 3.05) is 0 Å². The summed E-state index contributed by atoms with van der Waals surface area (Å²) in [7, 11) is 0. The predicted molar refractivity (Wildman–Crippen MR) is 131 cm³/mol. The van der Waals surface area contributed by atoms with Crippen LogP contribution in [0.25, 0.3) is 0 Å². The fourth-order valence-electron chi connectivity index (χ4n) is 2.34. The fourth-order valence-corrected chi connectivity index (χ4v) is 2.34. The molecule has 1 N–H and O–H groups in total. The van der Waals surface area contributed by atoms with Crippen LogP contribution in [0.3, 0.4) is 0 Å². The molecule has 0 aromatic carbocycles. The number of allylic oxidation sites excluding steroid dienone is 10. The first-order valence-electron chi connectivity index (χ1n) is 9.90. The lowest BCUT2D eigenvalue weighted by atomic mass is 10.2. The fraction of sp³-hybridized carbons (Fsp3) is 0. The Hall–Kier alpha value is -5.18. The molecule has 0 saturated carbocycles. The maximum Gasteiger partial charge on any atom is 0.210 e. The number of nitrogens with zero attached hydrogens (tertiary/aromatic N) is 4. The minimum atomic E-state index is 0.266. The van der Waals surface area contributed by atoms with Gasteiger partial charge in [-0.2, -0.15) is 15.0 Å². The lowest BCUT2D eigenvalue weighted by molar-refractivity contribution is 0.976. The molecule has 0 fully saturated rings. The van der Waals surface area contributed by atoms with E-state index in [-0.39, 0.29) is 17.5 Å². The van der Waals surface area contributed by atoms with Crippen LogP contribution in [0.4, 0.5) is 0 Å². The zero-order chi connectivity index (χ0) is 23.1. The summed E-state index contributed by atoms with van der Waals surface area (Å²) in [5.74, 6) is 18.8. The third-order valence-electron chi connectivity index (χ3n) is 3.81. The number of rotatable bonds is 3. The van der Waals surface area contributed by atoms with Crippen molar-refractivity contribution in [3.8, 4) is 35.5 Å². The van der Waals surface area contributed by atoms with Crippen LogP contribution in [-0.2, 0) is 0 Å². The molecular formula is C28H19N5. The van der Waals surface area contributed by atoms with Gasteiger partial charge < -0.3 is 5.32 Å². The van der Waals surface area contributed by atoms with Crippen molar-refractivity contribution in [1.29, 1.82) is 0 Å². The first-order chi connectivity index (χ1) is 16.3. The van der Waals surface area contributed by atoms with Crippen molar-refractivity contribution in [2.24, 2.45) is 0 Å². The van der Waals surface area contributed by atoms with Gasteiger partial charge in [0.1, 0.15) is 0 Å². The summed E-state index contributed by atoms with van der Waals surface area (Å²) in [6.45, 7) is 7.39. The molecule has 3 rings (SSSR count). The van der Waals surface area contributed by atoms with Gasteiger partial charge in [0.05, 0.1) is 0 Å². The summed E-state index contributed by atoms with van der Waals surface area (Å²) in [5.41, 5.74) is 2.33. The number of pyridine rings is 1. The highest BCUT2D eigenvalue weighted by Crippen LogP contribution is 2.02. The molecule has 0 amide bonds. The van der Waals surface area contributed by atoms with Crippen molar-refractivity contribution >= 4 is 0 Å². The van der Waals surface area contributed by atoms with E-state index in [9.17, 15) is 0 Å². The monoisotopic (exact) mass is 425 g/mol. The number of aromatic nitrogens is 4. The molecule has 2 aromatic heterocycles. The molecule has 5 heteroatoms. The second kappa shape index (κ2) is 12.5. The molecule has 33 heavy (non-hydrogen) atoms. The molecule has 3 heterocycles. The molecule has 0 unspecified atom stereocenters. The summed E-state index contributed by atoms with van der Waals surface area (Å²) >= 11 is 0. The van der Waals surface area contributed by atoms with E-state index >= 15 is 0 Å². The van der Waals surface area contributed by atoms with E-state index in [1.165, 1.54) is 0 Å². The molecule has 1 aliphatic rings. The van der Waals surface area contributed by atoms with E-state index in [0.717, 1.165) is 16.7 Å². The van der Waals surface area contributed by atoms with Crippen LogP contribution >= 0.6 is 0 Å². The van der Waals surface area contributed by atoms with Gasteiger partial charge in [-0.05, 0) is 60.3 Å². The van der Waals surface area contributed by atoms with Crippen LogP contribution in [0.1, 0.15) is 23.0 Å². The molecule has 1 aliphatic heterocycles. The van der Waals surface area contributed by atoms with Crippen LogP contribution in [0.15, 0.2) is 110 Å². The van der Waals surface area contributed by atoms with Gasteiger partial charge in [0.2, 0.25) is 17.5 Å². The average molecular weight is 425 g/mol. The van der Waals surface area contributed by atoms with Crippen molar-refractivity contribution < 1.29 is 0 Å². The topological polar surface area (TPSA) is 63.6 Å². The minimum Gasteiger partial charge on any atom is -0.368 e. The third kappa shape index (κ3) is 7.87. The Morgan fingerprint density at radius 2 is 1.58 bits per heavy atom. The van der Waals surface area contributed by atoms with E-state index in [2.05, 4.69) is 73.9 Å². The second-order valence-corrected chi connectivity index (χ2v) is 6.23. The average Bonchev–Trinajstić information content (AvgIpc) is 3.13. The Kier molecular flexibility index (Phi) is 8.52. The summed E-state index contributed by atoms with van der Waals surface area (Å²) in [6.07, 6.45) is 21.3. The van der Waals surface area contributed by atoms with Gasteiger partial charge in [-0.25, -0.2) is 0 Å². The van der Waals surface area contributed by atoms with E-state index in [1.54, 1.807) is 55.0 Å². The van der Waals surface area contributed by atoms with Crippen LogP contribution in [0.5, 0.6) is 0 Å². The Balaban J connectivity index is 2.01. The number of hydrogen-bond donors (Lipinski definition) is 1. The Morgan fingerprint density at radius 3 is 2.30 bits per heavy atom. The van der Waals surface area contributed by atoms with E-state index < -0.39 is 0 Å². The van der Waals surface area contributed by atoms with Gasteiger partial charge in [-0.1, -0.05) is 49.1 Å². The van der Waals surface area contributed by atoms with Gasteiger partial charge in [0.25, 0.3) is 0 Å². The van der Waals surface area contributed by atoms with Gasteiger partial charge >= 0.3 is 0 Å². The quantitative estimate of drug-likeness (QED) is 0.599. The molecule has 0 aliphatic carbocycles. The van der Waals surface area contributed by atoms with Crippen molar-refractivity contribution in [3.63, 3.8) is 0 Å². The van der Waals surface area contributed by atoms with E-state index in [0.29, 0.717) is 0 Å².